The number of Topliss-reactive ketones (excluding diaryl/α,β-unsaturated/α-hetero) is 1. The number of halogens is 2. The fourth-order valence-corrected chi connectivity index (χ4v) is 8.94. The van der Waals surface area contributed by atoms with Crippen LogP contribution in [0.25, 0.3) is 0 Å². The summed E-state index contributed by atoms with van der Waals surface area (Å²) in [5, 5.41) is 11.9. The number of benzene rings is 1. The number of rotatable bonds is 5. The third-order valence-electron chi connectivity index (χ3n) is 10.3. The molecule has 0 radical (unpaired) electrons. The summed E-state index contributed by atoms with van der Waals surface area (Å²) in [5.41, 5.74) is -3.61. The molecule has 1 N–H and O–H groups in total. The van der Waals surface area contributed by atoms with Gasteiger partial charge in [-0.05, 0) is 61.0 Å². The molecule has 1 aromatic rings. The van der Waals surface area contributed by atoms with Crippen LogP contribution in [0.2, 0.25) is 0 Å². The van der Waals surface area contributed by atoms with Crippen LogP contribution in [-0.4, -0.2) is 58.0 Å². The van der Waals surface area contributed by atoms with Crippen molar-refractivity contribution in [3.05, 3.63) is 59.7 Å². The summed E-state index contributed by atoms with van der Waals surface area (Å²) >= 11 is 7.43. The lowest BCUT2D eigenvalue weighted by atomic mass is 9.45. The van der Waals surface area contributed by atoms with Crippen LogP contribution in [0, 0.1) is 28.6 Å². The highest BCUT2D eigenvalue weighted by molar-refractivity contribution is 6.26. The lowest BCUT2D eigenvalue weighted by molar-refractivity contribution is -0.184. The summed E-state index contributed by atoms with van der Waals surface area (Å²) in [6, 6.07) is 8.25. The van der Waals surface area contributed by atoms with E-state index < -0.39 is 75.7 Å². The Balaban J connectivity index is 1.63. The third-order valence-corrected chi connectivity index (χ3v) is 11.2. The van der Waals surface area contributed by atoms with E-state index in [0.29, 0.717) is 6.42 Å². The van der Waals surface area contributed by atoms with E-state index in [2.05, 4.69) is 0 Å². The van der Waals surface area contributed by atoms with Gasteiger partial charge in [0.1, 0.15) is 6.17 Å². The van der Waals surface area contributed by atoms with Crippen molar-refractivity contribution in [1.29, 1.82) is 0 Å². The topological polar surface area (TPSA) is 107 Å². The fourth-order valence-electron chi connectivity index (χ4n) is 8.45. The van der Waals surface area contributed by atoms with Gasteiger partial charge in [-0.1, -0.05) is 45.0 Å². The molecular formula is C31H34ClFO7. The van der Waals surface area contributed by atoms with E-state index in [-0.39, 0.29) is 29.8 Å². The lowest BCUT2D eigenvalue weighted by Gasteiger charge is -2.64. The summed E-state index contributed by atoms with van der Waals surface area (Å²) in [4.78, 5) is 50.0. The van der Waals surface area contributed by atoms with Crippen LogP contribution in [0.15, 0.2) is 54.1 Å². The Morgan fingerprint density at radius 3 is 2.45 bits per heavy atom. The second-order valence-corrected chi connectivity index (χ2v) is 12.8. The molecule has 214 valence electrons. The van der Waals surface area contributed by atoms with Crippen molar-refractivity contribution < 1.29 is 38.1 Å². The van der Waals surface area contributed by atoms with Crippen molar-refractivity contribution in [3.63, 3.8) is 0 Å². The van der Waals surface area contributed by atoms with Gasteiger partial charge in [0.15, 0.2) is 18.0 Å². The summed E-state index contributed by atoms with van der Waals surface area (Å²) in [7, 11) is 0. The Hall–Kier alpha value is -2.84. The number of ketones is 2. The number of carbonyl (C=O) groups is 4. The predicted molar refractivity (Wildman–Crippen MR) is 144 cm³/mol. The third kappa shape index (κ3) is 3.78. The van der Waals surface area contributed by atoms with Crippen LogP contribution in [0.1, 0.15) is 57.3 Å². The molecule has 0 spiro atoms. The monoisotopic (exact) mass is 572 g/mol. The molecule has 3 saturated carbocycles. The molecule has 7 nitrogen and oxygen atoms in total. The molecule has 0 heterocycles. The van der Waals surface area contributed by atoms with Crippen LogP contribution in [0.3, 0.4) is 0 Å². The molecule has 40 heavy (non-hydrogen) atoms. The first kappa shape index (κ1) is 28.7. The minimum atomic E-state index is -1.78. The van der Waals surface area contributed by atoms with Crippen LogP contribution in [0.5, 0.6) is 0 Å². The van der Waals surface area contributed by atoms with Crippen molar-refractivity contribution in [2.75, 3.05) is 6.61 Å². The SMILES string of the molecule is CC(=O)OCC(=O)[C@@]1(OC(=O)c2ccccc2)[C@@H](C)C[C@H]2[C@@H]3C[C@H](F)C4=CC(=O)C=C[C@]4(C)[C@@]3(Cl)C(O)C[C@@]21C. The van der Waals surface area contributed by atoms with Gasteiger partial charge < -0.3 is 14.6 Å². The van der Waals surface area contributed by atoms with Gasteiger partial charge in [-0.25, -0.2) is 9.18 Å². The quantitative estimate of drug-likeness (QED) is 0.407. The maximum atomic E-state index is 15.9. The highest BCUT2D eigenvalue weighted by Crippen LogP contribution is 2.72. The Morgan fingerprint density at radius 1 is 1.12 bits per heavy atom. The molecule has 0 amide bonds. The van der Waals surface area contributed by atoms with E-state index in [9.17, 15) is 24.3 Å². The number of carbonyl (C=O) groups excluding carboxylic acids is 4. The Morgan fingerprint density at radius 2 is 1.80 bits per heavy atom. The normalized spacial score (nSPS) is 41.7. The highest BCUT2D eigenvalue weighted by Gasteiger charge is 2.77. The Bertz CT molecular complexity index is 1330. The fraction of sp³-hybridized carbons (Fsp3) is 0.548. The molecule has 1 unspecified atom stereocenters. The second-order valence-electron chi connectivity index (χ2n) is 12.2. The van der Waals surface area contributed by atoms with Crippen LogP contribution < -0.4 is 0 Å². The van der Waals surface area contributed by atoms with E-state index in [4.69, 9.17) is 21.1 Å². The van der Waals surface area contributed by atoms with Gasteiger partial charge in [-0.15, -0.1) is 11.6 Å². The molecule has 0 aliphatic heterocycles. The van der Waals surface area contributed by atoms with E-state index in [0.717, 1.165) is 0 Å². The number of esters is 2. The van der Waals surface area contributed by atoms with Crippen molar-refractivity contribution in [2.45, 2.75) is 69.7 Å². The molecule has 0 aromatic heterocycles. The highest BCUT2D eigenvalue weighted by atomic mass is 35.5. The van der Waals surface area contributed by atoms with Crippen LogP contribution in [-0.2, 0) is 23.9 Å². The minimum absolute atomic E-state index is 0.0303. The molecule has 4 aliphatic rings. The maximum Gasteiger partial charge on any atom is 0.339 e. The average molecular weight is 573 g/mol. The average Bonchev–Trinajstić information content (AvgIpc) is 3.12. The number of fused-ring (bicyclic) bond motifs is 5. The van der Waals surface area contributed by atoms with Gasteiger partial charge in [-0.2, -0.15) is 0 Å². The molecule has 3 fully saturated rings. The van der Waals surface area contributed by atoms with E-state index in [1.54, 1.807) is 57.2 Å². The smallest absolute Gasteiger partial charge is 0.339 e. The zero-order valence-electron chi connectivity index (χ0n) is 23.0. The minimum Gasteiger partial charge on any atom is -0.458 e. The summed E-state index contributed by atoms with van der Waals surface area (Å²) in [6.45, 7) is 5.89. The maximum absolute atomic E-state index is 15.9. The van der Waals surface area contributed by atoms with Crippen LogP contribution >= 0.6 is 11.6 Å². The largest absolute Gasteiger partial charge is 0.458 e. The number of ether oxygens (including phenoxy) is 2. The standard InChI is InChI=1S/C31H34ClFO7/c1-17-12-21-22-14-24(33)23-13-20(35)10-11-28(23,3)30(22,32)25(36)15-29(21,4)31(17,26(37)16-39-18(2)34)40-27(38)19-8-6-5-7-9-19/h5-11,13,17,21-22,24-25,36H,12,14-16H2,1-4H3/t17-,21-,22-,24-,25?,28-,29-,30-,31-/m0/s1. The first-order chi connectivity index (χ1) is 18.7. The van der Waals surface area contributed by atoms with Gasteiger partial charge >= 0.3 is 11.9 Å². The Kier molecular flexibility index (Phi) is 6.90. The molecule has 4 aliphatic carbocycles. The molecule has 9 atom stereocenters. The number of aliphatic hydroxyl groups is 1. The van der Waals surface area contributed by atoms with E-state index >= 15 is 4.39 Å². The molecule has 0 bridgehead atoms. The molecule has 1 aromatic carbocycles. The lowest BCUT2D eigenvalue weighted by Crippen LogP contribution is -2.70. The van der Waals surface area contributed by atoms with Crippen molar-refractivity contribution in [3.8, 4) is 0 Å². The first-order valence-electron chi connectivity index (χ1n) is 13.6. The van der Waals surface area contributed by atoms with E-state index in [1.807, 2.05) is 0 Å². The number of aliphatic hydroxyl groups excluding tert-OH is 1. The first-order valence-corrected chi connectivity index (χ1v) is 14.0. The summed E-state index contributed by atoms with van der Waals surface area (Å²) in [6.07, 6.45) is 1.76. The molecular weight excluding hydrogens is 539 g/mol. The van der Waals surface area contributed by atoms with Crippen molar-refractivity contribution in [2.24, 2.45) is 28.6 Å². The summed E-state index contributed by atoms with van der Waals surface area (Å²) < 4.78 is 27.2. The van der Waals surface area contributed by atoms with Crippen molar-refractivity contribution in [1.82, 2.24) is 0 Å². The van der Waals surface area contributed by atoms with Crippen LogP contribution in [0.4, 0.5) is 4.39 Å². The van der Waals surface area contributed by atoms with Gasteiger partial charge in [0.05, 0.1) is 16.5 Å². The van der Waals surface area contributed by atoms with Gasteiger partial charge in [0.2, 0.25) is 5.78 Å². The van der Waals surface area contributed by atoms with Crippen molar-refractivity contribution >= 4 is 35.1 Å². The number of hydrogen-bond donors (Lipinski definition) is 1. The second kappa shape index (κ2) is 9.62. The predicted octanol–water partition coefficient (Wildman–Crippen LogP) is 4.55. The van der Waals surface area contributed by atoms with Gasteiger partial charge in [0, 0.05) is 23.7 Å². The van der Waals surface area contributed by atoms with E-state index in [1.165, 1.54) is 19.1 Å². The number of allylic oxidation sites excluding steroid dienone is 4. The Labute approximate surface area is 237 Å². The molecule has 9 heteroatoms. The summed E-state index contributed by atoms with van der Waals surface area (Å²) in [5.74, 6) is -3.93. The zero-order valence-corrected chi connectivity index (χ0v) is 23.7. The van der Waals surface area contributed by atoms with Gasteiger partial charge in [0.25, 0.3) is 0 Å². The van der Waals surface area contributed by atoms with Gasteiger partial charge in [-0.3, -0.25) is 14.4 Å². The molecule has 0 saturated heterocycles. The molecule has 5 rings (SSSR count). The number of hydrogen-bond acceptors (Lipinski definition) is 7. The zero-order chi connectivity index (χ0) is 29.3. The number of alkyl halides is 2.